The molecule has 0 aliphatic heterocycles. The molecule has 0 bridgehead atoms. The summed E-state index contributed by atoms with van der Waals surface area (Å²) in [5, 5.41) is 17.9. The monoisotopic (exact) mass is 478 g/mol. The number of carboxylic acids is 1. The summed E-state index contributed by atoms with van der Waals surface area (Å²) in [6.07, 6.45) is -0.633. The molecule has 0 radical (unpaired) electrons. The third-order valence-corrected chi connectivity index (χ3v) is 5.69. The quantitative estimate of drug-likeness (QED) is 0.427. The summed E-state index contributed by atoms with van der Waals surface area (Å²) in [7, 11) is 3.40. The highest BCUT2D eigenvalue weighted by molar-refractivity contribution is 5.95. The first-order valence-corrected chi connectivity index (χ1v) is 11.1. The molecule has 1 unspecified atom stereocenters. The van der Waals surface area contributed by atoms with E-state index < -0.39 is 24.0 Å². The lowest BCUT2D eigenvalue weighted by Gasteiger charge is -2.17. The fourth-order valence-electron chi connectivity index (χ4n) is 4.09. The maximum atomic E-state index is 12.3. The zero-order valence-electron chi connectivity index (χ0n) is 19.4. The fourth-order valence-corrected chi connectivity index (χ4v) is 4.09. The van der Waals surface area contributed by atoms with Gasteiger partial charge in [-0.3, -0.25) is 4.79 Å². The molecule has 182 valence electrons. The minimum absolute atomic E-state index is 0.0446. The Morgan fingerprint density at radius 1 is 1.09 bits per heavy atom. The molecule has 35 heavy (non-hydrogen) atoms. The van der Waals surface area contributed by atoms with Crippen molar-refractivity contribution in [3.8, 4) is 11.1 Å². The van der Waals surface area contributed by atoms with Crippen LogP contribution in [-0.4, -0.2) is 66.4 Å². The molecule has 10 heteroatoms. The van der Waals surface area contributed by atoms with Gasteiger partial charge in [0.05, 0.1) is 6.54 Å². The molecule has 4 rings (SSSR count). The number of fused-ring (bicyclic) bond motifs is 3. The highest BCUT2D eigenvalue weighted by Crippen LogP contribution is 2.44. The van der Waals surface area contributed by atoms with E-state index in [-0.39, 0.29) is 37.1 Å². The number of hydrogen-bond acceptors (Lipinski definition) is 7. The minimum Gasteiger partial charge on any atom is -0.480 e. The summed E-state index contributed by atoms with van der Waals surface area (Å²) in [6.45, 7) is 0.249. The van der Waals surface area contributed by atoms with Gasteiger partial charge in [-0.15, -0.1) is 0 Å². The lowest BCUT2D eigenvalue weighted by Crippen LogP contribution is -2.47. The van der Waals surface area contributed by atoms with Crippen molar-refractivity contribution in [2.75, 3.05) is 27.2 Å². The zero-order valence-corrected chi connectivity index (χ0v) is 19.4. The molecule has 2 amide bonds. The number of amides is 2. The van der Waals surface area contributed by atoms with Crippen LogP contribution in [0.2, 0.25) is 0 Å². The number of nitrogens with one attached hydrogen (secondary N) is 2. The number of aromatic nitrogens is 1. The summed E-state index contributed by atoms with van der Waals surface area (Å²) in [6, 6.07) is 16.3. The normalized spacial score (nSPS) is 13.1. The van der Waals surface area contributed by atoms with Gasteiger partial charge in [0.2, 0.25) is 0 Å². The average molecular weight is 479 g/mol. The van der Waals surface area contributed by atoms with E-state index in [1.807, 2.05) is 36.4 Å². The second-order valence-corrected chi connectivity index (χ2v) is 8.48. The Hall–Kier alpha value is -4.18. The molecular formula is C25H26N4O6. The SMILES string of the molecule is CN(C)CC(NC(=O)c1cc(CNC(=O)OCC2c3ccccc3-c3ccccc32)on1)C(=O)O. The van der Waals surface area contributed by atoms with Crippen molar-refractivity contribution < 1.29 is 28.8 Å². The van der Waals surface area contributed by atoms with Crippen molar-refractivity contribution in [3.05, 3.63) is 77.2 Å². The molecule has 1 aliphatic carbocycles. The topological polar surface area (TPSA) is 134 Å². The molecule has 0 spiro atoms. The number of ether oxygens (including phenoxy) is 1. The molecule has 3 aromatic rings. The Morgan fingerprint density at radius 2 is 1.71 bits per heavy atom. The number of rotatable bonds is 9. The molecule has 3 N–H and O–H groups in total. The van der Waals surface area contributed by atoms with Crippen LogP contribution >= 0.6 is 0 Å². The lowest BCUT2D eigenvalue weighted by molar-refractivity contribution is -0.139. The van der Waals surface area contributed by atoms with Crippen molar-refractivity contribution in [1.82, 2.24) is 20.7 Å². The van der Waals surface area contributed by atoms with E-state index in [4.69, 9.17) is 9.26 Å². The van der Waals surface area contributed by atoms with E-state index in [2.05, 4.69) is 27.9 Å². The summed E-state index contributed by atoms with van der Waals surface area (Å²) < 4.78 is 10.6. The van der Waals surface area contributed by atoms with Gasteiger partial charge in [-0.2, -0.15) is 0 Å². The minimum atomic E-state index is -1.16. The van der Waals surface area contributed by atoms with E-state index in [1.54, 1.807) is 19.0 Å². The van der Waals surface area contributed by atoms with Gasteiger partial charge in [0.25, 0.3) is 5.91 Å². The highest BCUT2D eigenvalue weighted by atomic mass is 16.5. The number of carbonyl (C=O) groups excluding carboxylic acids is 2. The van der Waals surface area contributed by atoms with Crippen LogP contribution in [0.15, 0.2) is 59.1 Å². The third-order valence-electron chi connectivity index (χ3n) is 5.69. The van der Waals surface area contributed by atoms with Crippen LogP contribution in [0.4, 0.5) is 4.79 Å². The summed E-state index contributed by atoms with van der Waals surface area (Å²) >= 11 is 0. The summed E-state index contributed by atoms with van der Waals surface area (Å²) in [5.41, 5.74) is 4.42. The van der Waals surface area contributed by atoms with Gasteiger partial charge in [0, 0.05) is 18.5 Å². The van der Waals surface area contributed by atoms with E-state index in [9.17, 15) is 19.5 Å². The molecule has 1 aliphatic rings. The summed E-state index contributed by atoms with van der Waals surface area (Å²) in [4.78, 5) is 37.6. The molecule has 10 nitrogen and oxygen atoms in total. The molecule has 0 saturated heterocycles. The van der Waals surface area contributed by atoms with Crippen LogP contribution in [0, 0.1) is 0 Å². The first-order valence-electron chi connectivity index (χ1n) is 11.1. The van der Waals surface area contributed by atoms with Crippen LogP contribution in [0.25, 0.3) is 11.1 Å². The number of hydrogen-bond donors (Lipinski definition) is 3. The van der Waals surface area contributed by atoms with E-state index in [1.165, 1.54) is 6.07 Å². The Labute approximate surface area is 201 Å². The number of carbonyl (C=O) groups is 3. The predicted molar refractivity (Wildman–Crippen MR) is 126 cm³/mol. The van der Waals surface area contributed by atoms with E-state index in [0.717, 1.165) is 22.3 Å². The standard InChI is InChI=1S/C25H26N4O6/c1-29(2)13-22(24(31)32)27-23(30)21-11-15(35-28-21)12-26-25(33)34-14-20-18-9-5-3-7-16(18)17-8-4-6-10-19(17)20/h3-11,20,22H,12-14H2,1-2H3,(H,26,33)(H,27,30)(H,31,32). The van der Waals surface area contributed by atoms with Gasteiger partial charge in [0.1, 0.15) is 12.6 Å². The van der Waals surface area contributed by atoms with E-state index >= 15 is 0 Å². The Balaban J connectivity index is 1.30. The Morgan fingerprint density at radius 3 is 2.31 bits per heavy atom. The van der Waals surface area contributed by atoms with E-state index in [0.29, 0.717) is 0 Å². The van der Waals surface area contributed by atoms with Gasteiger partial charge in [-0.25, -0.2) is 9.59 Å². The molecule has 0 fully saturated rings. The van der Waals surface area contributed by atoms with Crippen molar-refractivity contribution in [2.24, 2.45) is 0 Å². The maximum Gasteiger partial charge on any atom is 0.407 e. The number of likely N-dealkylation sites (N-methyl/N-ethyl adjacent to an activating group) is 1. The van der Waals surface area contributed by atoms with Crippen LogP contribution in [-0.2, 0) is 16.1 Å². The van der Waals surface area contributed by atoms with Crippen LogP contribution in [0.1, 0.15) is 33.3 Å². The first-order chi connectivity index (χ1) is 16.8. The molecule has 0 saturated carbocycles. The number of carboxylic acid groups (broad SMARTS) is 1. The molecule has 2 aromatic carbocycles. The number of benzene rings is 2. The largest absolute Gasteiger partial charge is 0.480 e. The van der Waals surface area contributed by atoms with Gasteiger partial charge in [0.15, 0.2) is 11.5 Å². The molecular weight excluding hydrogens is 452 g/mol. The first kappa shape index (κ1) is 24.0. The van der Waals surface area contributed by atoms with Crippen LogP contribution in [0.5, 0.6) is 0 Å². The van der Waals surface area contributed by atoms with Gasteiger partial charge < -0.3 is 29.9 Å². The van der Waals surface area contributed by atoms with Crippen LogP contribution < -0.4 is 10.6 Å². The number of aliphatic carboxylic acids is 1. The van der Waals surface area contributed by atoms with Crippen molar-refractivity contribution >= 4 is 18.0 Å². The van der Waals surface area contributed by atoms with Gasteiger partial charge >= 0.3 is 12.1 Å². The van der Waals surface area contributed by atoms with Crippen molar-refractivity contribution in [2.45, 2.75) is 18.5 Å². The Bertz CT molecular complexity index is 1190. The third kappa shape index (κ3) is 5.49. The molecule has 1 heterocycles. The van der Waals surface area contributed by atoms with Crippen LogP contribution in [0.3, 0.4) is 0 Å². The summed E-state index contributed by atoms with van der Waals surface area (Å²) in [5.74, 6) is -1.68. The predicted octanol–water partition coefficient (Wildman–Crippen LogP) is 2.46. The Kier molecular flexibility index (Phi) is 7.11. The van der Waals surface area contributed by atoms with Crippen molar-refractivity contribution in [3.63, 3.8) is 0 Å². The molecule has 1 atom stereocenters. The highest BCUT2D eigenvalue weighted by Gasteiger charge is 2.29. The average Bonchev–Trinajstić information content (AvgIpc) is 3.44. The van der Waals surface area contributed by atoms with Gasteiger partial charge in [-0.1, -0.05) is 53.7 Å². The molecule has 1 aromatic heterocycles. The number of nitrogens with zero attached hydrogens (tertiary/aromatic N) is 2. The maximum absolute atomic E-state index is 12.3. The number of alkyl carbamates (subject to hydrolysis) is 1. The smallest absolute Gasteiger partial charge is 0.407 e. The second kappa shape index (κ2) is 10.4. The van der Waals surface area contributed by atoms with Crippen molar-refractivity contribution in [1.29, 1.82) is 0 Å². The lowest BCUT2D eigenvalue weighted by atomic mass is 9.98. The second-order valence-electron chi connectivity index (χ2n) is 8.48. The zero-order chi connectivity index (χ0) is 24.9. The van der Waals surface area contributed by atoms with Gasteiger partial charge in [-0.05, 0) is 36.3 Å². The fraction of sp³-hybridized carbons (Fsp3) is 0.280.